The van der Waals surface area contributed by atoms with Crippen LogP contribution in [0.2, 0.25) is 0 Å². The van der Waals surface area contributed by atoms with Gasteiger partial charge in [-0.25, -0.2) is 0 Å². The maximum absolute atomic E-state index is 12.6. The fourth-order valence-electron chi connectivity index (χ4n) is 2.68. The molecule has 0 atom stereocenters. The molecule has 2 rings (SSSR count). The Hall–Kier alpha value is -1.47. The second-order valence-corrected chi connectivity index (χ2v) is 6.13. The number of likely N-dealkylation sites (tertiary alicyclic amines) is 1. The normalized spacial score (nSPS) is 18.4. The van der Waals surface area contributed by atoms with Crippen molar-refractivity contribution in [2.24, 2.45) is 5.73 Å². The quantitative estimate of drug-likeness (QED) is 0.801. The van der Waals surface area contributed by atoms with Gasteiger partial charge in [0.2, 0.25) is 0 Å². The van der Waals surface area contributed by atoms with Crippen LogP contribution in [0, 0.1) is 6.92 Å². The minimum atomic E-state index is -0.588. The summed E-state index contributed by atoms with van der Waals surface area (Å²) in [4.78, 5) is 15.2. The van der Waals surface area contributed by atoms with Gasteiger partial charge in [-0.2, -0.15) is 5.10 Å². The van der Waals surface area contributed by atoms with Gasteiger partial charge in [0.05, 0.1) is 16.2 Å². The van der Waals surface area contributed by atoms with Gasteiger partial charge in [0.15, 0.2) is 0 Å². The van der Waals surface area contributed by atoms with Crippen molar-refractivity contribution in [3.05, 3.63) is 17.5 Å². The van der Waals surface area contributed by atoms with Crippen LogP contribution >= 0.6 is 12.2 Å². The van der Waals surface area contributed by atoms with Crippen molar-refractivity contribution in [3.8, 4) is 0 Å². The Morgan fingerprint density at radius 2 is 2.14 bits per heavy atom. The molecule has 1 aromatic rings. The van der Waals surface area contributed by atoms with Gasteiger partial charge >= 0.3 is 0 Å². The number of hydrogen-bond donors (Lipinski definition) is 2. The fraction of sp³-hybridized carbons (Fsp3) is 0.643. The highest BCUT2D eigenvalue weighted by Crippen LogP contribution is 2.23. The first kappa shape index (κ1) is 15.9. The molecule has 1 saturated heterocycles. The Morgan fingerprint density at radius 3 is 2.67 bits per heavy atom. The molecule has 21 heavy (non-hydrogen) atoms. The molecule has 1 aromatic heterocycles. The lowest BCUT2D eigenvalue weighted by atomic mass is 9.87. The molecule has 0 saturated carbocycles. The number of rotatable bonds is 4. The monoisotopic (exact) mass is 309 g/mol. The number of nitrogens with two attached hydrogens (primary N) is 1. The van der Waals surface area contributed by atoms with E-state index in [0.717, 1.165) is 31.6 Å². The number of piperidine rings is 1. The van der Waals surface area contributed by atoms with E-state index in [-0.39, 0.29) is 5.91 Å². The summed E-state index contributed by atoms with van der Waals surface area (Å²) in [6, 6.07) is 1.79. The molecule has 0 radical (unpaired) electrons. The molecule has 1 aliphatic rings. The summed E-state index contributed by atoms with van der Waals surface area (Å²) >= 11 is 5.22. The molecule has 0 spiro atoms. The van der Waals surface area contributed by atoms with E-state index in [0.29, 0.717) is 17.2 Å². The van der Waals surface area contributed by atoms with E-state index < -0.39 is 5.54 Å². The van der Waals surface area contributed by atoms with E-state index in [1.165, 1.54) is 0 Å². The lowest BCUT2D eigenvalue weighted by Gasteiger charge is -2.40. The smallest absolute Gasteiger partial charge is 0.270 e. The molecule has 7 heteroatoms. The number of hydrogen-bond acceptors (Lipinski definition) is 4. The second-order valence-electron chi connectivity index (χ2n) is 5.69. The molecule has 3 N–H and O–H groups in total. The number of amides is 1. The van der Waals surface area contributed by atoms with Crippen molar-refractivity contribution in [1.29, 1.82) is 0 Å². The van der Waals surface area contributed by atoms with Gasteiger partial charge < -0.3 is 16.0 Å². The van der Waals surface area contributed by atoms with E-state index in [2.05, 4.69) is 22.4 Å². The lowest BCUT2D eigenvalue weighted by molar-refractivity contribution is 0.0879. The number of nitrogens with one attached hydrogen (secondary N) is 1. The highest BCUT2D eigenvalue weighted by Gasteiger charge is 2.38. The number of carbonyl (C=O) groups excluding carboxylic acids is 1. The summed E-state index contributed by atoms with van der Waals surface area (Å²) in [6.45, 7) is 6.22. The maximum atomic E-state index is 12.6. The van der Waals surface area contributed by atoms with Crippen LogP contribution < -0.4 is 11.1 Å². The van der Waals surface area contributed by atoms with E-state index in [1.807, 2.05) is 13.8 Å². The van der Waals surface area contributed by atoms with Crippen molar-refractivity contribution in [2.75, 3.05) is 20.1 Å². The van der Waals surface area contributed by atoms with Crippen LogP contribution in [0.25, 0.3) is 0 Å². The van der Waals surface area contributed by atoms with Crippen molar-refractivity contribution >= 4 is 23.1 Å². The van der Waals surface area contributed by atoms with Crippen molar-refractivity contribution in [3.63, 3.8) is 0 Å². The molecular formula is C14H23N5OS. The fourth-order valence-corrected chi connectivity index (χ4v) is 2.94. The SMILES string of the molecule is CCn1nc(C)cc1C(=O)NC1(C(N)=S)CCN(C)CC1. The minimum Gasteiger partial charge on any atom is -0.391 e. The molecule has 116 valence electrons. The van der Waals surface area contributed by atoms with Gasteiger partial charge in [-0.15, -0.1) is 0 Å². The molecule has 6 nitrogen and oxygen atoms in total. The van der Waals surface area contributed by atoms with Gasteiger partial charge in [0.1, 0.15) is 5.69 Å². The molecule has 0 bridgehead atoms. The summed E-state index contributed by atoms with van der Waals surface area (Å²) in [6.07, 6.45) is 1.48. The third-order valence-corrected chi connectivity index (χ3v) is 4.49. The molecule has 2 heterocycles. The first-order valence-electron chi connectivity index (χ1n) is 7.23. The van der Waals surface area contributed by atoms with Crippen LogP contribution in [0.5, 0.6) is 0 Å². The Kier molecular flexibility index (Phi) is 4.63. The van der Waals surface area contributed by atoms with Crippen LogP contribution in [0.15, 0.2) is 6.07 Å². The van der Waals surface area contributed by atoms with Crippen LogP contribution in [0.4, 0.5) is 0 Å². The van der Waals surface area contributed by atoms with E-state index in [9.17, 15) is 4.79 Å². The lowest BCUT2D eigenvalue weighted by Crippen LogP contribution is -2.61. The molecule has 1 aliphatic heterocycles. The molecular weight excluding hydrogens is 286 g/mol. The molecule has 1 amide bonds. The first-order chi connectivity index (χ1) is 9.88. The summed E-state index contributed by atoms with van der Waals surface area (Å²) in [5.74, 6) is -0.158. The van der Waals surface area contributed by atoms with Crippen molar-refractivity contribution in [1.82, 2.24) is 20.0 Å². The van der Waals surface area contributed by atoms with Crippen LogP contribution in [-0.2, 0) is 6.54 Å². The molecule has 0 aromatic carbocycles. The van der Waals surface area contributed by atoms with E-state index >= 15 is 0 Å². The van der Waals surface area contributed by atoms with Crippen molar-refractivity contribution in [2.45, 2.75) is 38.8 Å². The molecule has 0 aliphatic carbocycles. The summed E-state index contributed by atoms with van der Waals surface area (Å²) < 4.78 is 1.70. The average molecular weight is 309 g/mol. The standard InChI is InChI=1S/C14H23N5OS/c1-4-19-11(9-10(2)17-19)12(20)16-14(13(15)21)5-7-18(3)8-6-14/h9H,4-8H2,1-3H3,(H2,15,21)(H,16,20). The van der Waals surface area contributed by atoms with Gasteiger partial charge in [-0.1, -0.05) is 12.2 Å². The average Bonchev–Trinajstić information content (AvgIpc) is 2.82. The zero-order valence-corrected chi connectivity index (χ0v) is 13.7. The van der Waals surface area contributed by atoms with Gasteiger partial charge in [0, 0.05) is 19.6 Å². The number of aryl methyl sites for hydroxylation is 2. The summed E-state index contributed by atoms with van der Waals surface area (Å²) in [5.41, 5.74) is 6.73. The predicted molar refractivity (Wildman–Crippen MR) is 86.4 cm³/mol. The Labute approximate surface area is 130 Å². The first-order valence-corrected chi connectivity index (χ1v) is 7.64. The Balaban J connectivity index is 2.21. The third-order valence-electron chi connectivity index (χ3n) is 4.10. The number of thiocarbonyl (C=S) groups is 1. The zero-order valence-electron chi connectivity index (χ0n) is 12.8. The number of carbonyl (C=O) groups is 1. The van der Waals surface area contributed by atoms with E-state index in [1.54, 1.807) is 10.7 Å². The number of nitrogens with zero attached hydrogens (tertiary/aromatic N) is 3. The predicted octanol–water partition coefficient (Wildman–Crippen LogP) is 0.692. The largest absolute Gasteiger partial charge is 0.391 e. The zero-order chi connectivity index (χ0) is 15.6. The van der Waals surface area contributed by atoms with Gasteiger partial charge in [0.25, 0.3) is 5.91 Å². The molecule has 0 unspecified atom stereocenters. The number of aromatic nitrogens is 2. The van der Waals surface area contributed by atoms with Crippen molar-refractivity contribution < 1.29 is 4.79 Å². The summed E-state index contributed by atoms with van der Waals surface area (Å²) in [5, 5.41) is 7.37. The van der Waals surface area contributed by atoms with Crippen LogP contribution in [-0.4, -0.2) is 51.3 Å². The Morgan fingerprint density at radius 1 is 1.52 bits per heavy atom. The Bertz CT molecular complexity index is 546. The van der Waals surface area contributed by atoms with Gasteiger partial charge in [-0.3, -0.25) is 9.48 Å². The topological polar surface area (TPSA) is 76.2 Å². The van der Waals surface area contributed by atoms with Crippen LogP contribution in [0.1, 0.15) is 35.9 Å². The maximum Gasteiger partial charge on any atom is 0.270 e. The highest BCUT2D eigenvalue weighted by atomic mass is 32.1. The summed E-state index contributed by atoms with van der Waals surface area (Å²) in [7, 11) is 2.06. The van der Waals surface area contributed by atoms with Gasteiger partial charge in [-0.05, 0) is 39.8 Å². The van der Waals surface area contributed by atoms with E-state index in [4.69, 9.17) is 18.0 Å². The molecule has 1 fully saturated rings. The minimum absolute atomic E-state index is 0.158. The third kappa shape index (κ3) is 3.24. The highest BCUT2D eigenvalue weighted by molar-refractivity contribution is 7.80. The van der Waals surface area contributed by atoms with Crippen LogP contribution in [0.3, 0.4) is 0 Å². The second kappa shape index (κ2) is 6.11.